The first-order chi connectivity index (χ1) is 13.6. The Hall–Kier alpha value is -2.51. The van der Waals surface area contributed by atoms with E-state index in [2.05, 4.69) is 60.4 Å². The van der Waals surface area contributed by atoms with Crippen molar-refractivity contribution in [3.8, 4) is 10.7 Å². The zero-order valence-electron chi connectivity index (χ0n) is 16.1. The van der Waals surface area contributed by atoms with Crippen LogP contribution in [0.1, 0.15) is 43.3 Å². The molecule has 5 nitrogen and oxygen atoms in total. The summed E-state index contributed by atoms with van der Waals surface area (Å²) in [7, 11) is 0. The van der Waals surface area contributed by atoms with Gasteiger partial charge in [-0.1, -0.05) is 48.0 Å². The lowest BCUT2D eigenvalue weighted by atomic mass is 9.94. The number of aryl methyl sites for hydroxylation is 1. The van der Waals surface area contributed by atoms with E-state index in [9.17, 15) is 0 Å². The van der Waals surface area contributed by atoms with Gasteiger partial charge in [0.15, 0.2) is 5.11 Å². The van der Waals surface area contributed by atoms with Crippen LogP contribution in [0.4, 0.5) is 0 Å². The molecule has 0 saturated heterocycles. The summed E-state index contributed by atoms with van der Waals surface area (Å²) in [4.78, 5) is 7.81. The summed E-state index contributed by atoms with van der Waals surface area (Å²) in [6.07, 6.45) is 0.992. The van der Waals surface area contributed by atoms with Gasteiger partial charge in [0, 0.05) is 12.2 Å². The molecule has 0 saturated carbocycles. The smallest absolute Gasteiger partial charge is 0.258 e. The predicted molar refractivity (Wildman–Crippen MR) is 117 cm³/mol. The Balaban J connectivity index is 1.82. The number of hydrogen-bond donors (Lipinski definition) is 1. The molecular formula is C21H22N4OS2. The first-order valence-electron chi connectivity index (χ1n) is 9.31. The largest absolute Gasteiger partial charge is 0.351 e. The molecule has 2 aromatic heterocycles. The molecule has 3 heterocycles. The molecule has 0 spiro atoms. The van der Waals surface area contributed by atoms with E-state index in [-0.39, 0.29) is 6.04 Å². The highest BCUT2D eigenvalue weighted by Crippen LogP contribution is 2.37. The Morgan fingerprint density at radius 2 is 2.00 bits per heavy atom. The van der Waals surface area contributed by atoms with Gasteiger partial charge in [-0.3, -0.25) is 0 Å². The minimum Gasteiger partial charge on any atom is -0.351 e. The van der Waals surface area contributed by atoms with Crippen molar-refractivity contribution < 1.29 is 4.52 Å². The summed E-state index contributed by atoms with van der Waals surface area (Å²) in [5.41, 5.74) is 4.36. The van der Waals surface area contributed by atoms with Crippen LogP contribution in [0, 0.1) is 6.92 Å². The molecule has 4 rings (SSSR count). The van der Waals surface area contributed by atoms with Crippen LogP contribution in [0.3, 0.4) is 0 Å². The molecule has 3 aromatic rings. The van der Waals surface area contributed by atoms with E-state index < -0.39 is 0 Å². The zero-order chi connectivity index (χ0) is 19.7. The number of benzene rings is 1. The molecule has 0 aliphatic carbocycles. The number of thiophene rings is 1. The molecule has 1 aromatic carbocycles. The van der Waals surface area contributed by atoms with E-state index >= 15 is 0 Å². The molecular weight excluding hydrogens is 388 g/mol. The van der Waals surface area contributed by atoms with Crippen molar-refractivity contribution >= 4 is 34.2 Å². The summed E-state index contributed by atoms with van der Waals surface area (Å²) >= 11 is 7.26. The molecule has 7 heteroatoms. The number of rotatable bonds is 5. The molecule has 1 aliphatic heterocycles. The van der Waals surface area contributed by atoms with Crippen molar-refractivity contribution in [1.29, 1.82) is 0 Å². The van der Waals surface area contributed by atoms with Crippen LogP contribution in [-0.2, 0) is 0 Å². The first kappa shape index (κ1) is 18.8. The third-order valence-electron chi connectivity index (χ3n) is 4.85. The maximum Gasteiger partial charge on any atom is 0.258 e. The van der Waals surface area contributed by atoms with Crippen LogP contribution in [0.15, 0.2) is 52.0 Å². The summed E-state index contributed by atoms with van der Waals surface area (Å²) in [6.45, 7) is 7.14. The molecule has 1 N–H and O–H groups in total. The van der Waals surface area contributed by atoms with Gasteiger partial charge in [0.1, 0.15) is 0 Å². The maximum atomic E-state index is 5.71. The van der Waals surface area contributed by atoms with Crippen molar-refractivity contribution in [2.75, 3.05) is 6.54 Å². The fourth-order valence-corrected chi connectivity index (χ4v) is 4.39. The van der Waals surface area contributed by atoms with Gasteiger partial charge >= 0.3 is 0 Å². The Kier molecular flexibility index (Phi) is 5.28. The minimum atomic E-state index is -0.127. The molecule has 144 valence electrons. The van der Waals surface area contributed by atoms with Crippen LogP contribution in [-0.4, -0.2) is 26.7 Å². The third kappa shape index (κ3) is 3.47. The van der Waals surface area contributed by atoms with E-state index in [1.807, 2.05) is 17.5 Å². The second-order valence-electron chi connectivity index (χ2n) is 6.84. The van der Waals surface area contributed by atoms with E-state index in [0.717, 1.165) is 39.8 Å². The molecule has 1 aliphatic rings. The van der Waals surface area contributed by atoms with Gasteiger partial charge < -0.3 is 14.7 Å². The topological polar surface area (TPSA) is 54.2 Å². The average molecular weight is 411 g/mol. The standard InChI is InChI=1S/C21H22N4OS2/c1-4-11-25-14(3)17(20-23-19(24-26-20)16-6-5-12-28-16)18(22-21(25)27)15-9-7-13(2)8-10-15/h5-10,12,18H,4,11H2,1-3H3,(H,22,27). The van der Waals surface area contributed by atoms with Gasteiger partial charge in [-0.05, 0) is 49.5 Å². The molecule has 0 bridgehead atoms. The monoisotopic (exact) mass is 410 g/mol. The second-order valence-corrected chi connectivity index (χ2v) is 8.18. The highest BCUT2D eigenvalue weighted by molar-refractivity contribution is 7.80. The van der Waals surface area contributed by atoms with Crippen LogP contribution in [0.5, 0.6) is 0 Å². The van der Waals surface area contributed by atoms with Gasteiger partial charge in [-0.2, -0.15) is 4.98 Å². The van der Waals surface area contributed by atoms with Crippen LogP contribution < -0.4 is 5.32 Å². The zero-order valence-corrected chi connectivity index (χ0v) is 17.7. The molecule has 1 unspecified atom stereocenters. The molecule has 0 amide bonds. The number of hydrogen-bond acceptors (Lipinski definition) is 5. The van der Waals surface area contributed by atoms with E-state index in [1.165, 1.54) is 5.56 Å². The molecule has 0 radical (unpaired) electrons. The third-order valence-corrected chi connectivity index (χ3v) is 6.06. The number of thiocarbonyl (C=S) groups is 1. The van der Waals surface area contributed by atoms with Gasteiger partial charge in [0.2, 0.25) is 5.82 Å². The molecule has 1 atom stereocenters. The van der Waals surface area contributed by atoms with Crippen LogP contribution >= 0.6 is 23.6 Å². The number of allylic oxidation sites excluding steroid dienone is 1. The summed E-state index contributed by atoms with van der Waals surface area (Å²) in [5.74, 6) is 1.14. The average Bonchev–Trinajstić information content (AvgIpc) is 3.37. The van der Waals surface area contributed by atoms with Crippen molar-refractivity contribution in [3.63, 3.8) is 0 Å². The molecule has 28 heavy (non-hydrogen) atoms. The second kappa shape index (κ2) is 7.85. The van der Waals surface area contributed by atoms with Crippen LogP contribution in [0.25, 0.3) is 16.3 Å². The highest BCUT2D eigenvalue weighted by atomic mass is 32.1. The summed E-state index contributed by atoms with van der Waals surface area (Å²) in [5, 5.41) is 10.4. The Morgan fingerprint density at radius 1 is 1.21 bits per heavy atom. The summed E-state index contributed by atoms with van der Waals surface area (Å²) < 4.78 is 5.71. The number of aromatic nitrogens is 2. The Labute approximate surface area is 174 Å². The normalized spacial score (nSPS) is 17.2. The highest BCUT2D eigenvalue weighted by Gasteiger charge is 2.33. The fraction of sp³-hybridized carbons (Fsp3) is 0.286. The lowest BCUT2D eigenvalue weighted by Crippen LogP contribution is -2.46. The lowest BCUT2D eigenvalue weighted by Gasteiger charge is -2.37. The van der Waals surface area contributed by atoms with Gasteiger partial charge in [-0.15, -0.1) is 11.3 Å². The Bertz CT molecular complexity index is 1010. The SMILES string of the molecule is CCCN1C(=S)NC(c2ccc(C)cc2)C(c2nc(-c3cccs3)no2)=C1C. The van der Waals surface area contributed by atoms with Crippen molar-refractivity contribution in [1.82, 2.24) is 20.4 Å². The van der Waals surface area contributed by atoms with E-state index in [0.29, 0.717) is 11.7 Å². The fourth-order valence-electron chi connectivity index (χ4n) is 3.40. The van der Waals surface area contributed by atoms with Crippen LogP contribution in [0.2, 0.25) is 0 Å². The van der Waals surface area contributed by atoms with Gasteiger partial charge in [-0.25, -0.2) is 0 Å². The van der Waals surface area contributed by atoms with Crippen molar-refractivity contribution in [2.24, 2.45) is 0 Å². The minimum absolute atomic E-state index is 0.127. The van der Waals surface area contributed by atoms with E-state index in [1.54, 1.807) is 11.3 Å². The Morgan fingerprint density at radius 3 is 2.68 bits per heavy atom. The lowest BCUT2D eigenvalue weighted by molar-refractivity contribution is 0.396. The number of nitrogens with one attached hydrogen (secondary N) is 1. The maximum absolute atomic E-state index is 5.71. The van der Waals surface area contributed by atoms with Gasteiger partial charge in [0.05, 0.1) is 16.5 Å². The first-order valence-corrected chi connectivity index (χ1v) is 10.6. The van der Waals surface area contributed by atoms with Crippen molar-refractivity contribution in [2.45, 2.75) is 33.2 Å². The molecule has 0 fully saturated rings. The summed E-state index contributed by atoms with van der Waals surface area (Å²) in [6, 6.07) is 12.3. The quantitative estimate of drug-likeness (QED) is 0.585. The van der Waals surface area contributed by atoms with Gasteiger partial charge in [0.25, 0.3) is 5.89 Å². The van der Waals surface area contributed by atoms with Crippen molar-refractivity contribution in [3.05, 3.63) is 64.5 Å². The number of nitrogens with zero attached hydrogens (tertiary/aromatic N) is 3. The van der Waals surface area contributed by atoms with E-state index in [4.69, 9.17) is 21.7 Å². The predicted octanol–water partition coefficient (Wildman–Crippen LogP) is 5.18.